The summed E-state index contributed by atoms with van der Waals surface area (Å²) in [6, 6.07) is 12.3. The van der Waals surface area contributed by atoms with Gasteiger partial charge in [-0.25, -0.2) is 9.97 Å². The van der Waals surface area contributed by atoms with Gasteiger partial charge < -0.3 is 0 Å². The summed E-state index contributed by atoms with van der Waals surface area (Å²) < 4.78 is 0. The zero-order valence-electron chi connectivity index (χ0n) is 14.7. The third-order valence-corrected chi connectivity index (χ3v) is 6.36. The van der Waals surface area contributed by atoms with Crippen LogP contribution < -0.4 is 0 Å². The Bertz CT molecular complexity index is 707. The summed E-state index contributed by atoms with van der Waals surface area (Å²) in [4.78, 5) is 14.3. The predicted molar refractivity (Wildman–Crippen MR) is 98.2 cm³/mol. The van der Waals surface area contributed by atoms with E-state index in [1.54, 1.807) is 11.1 Å². The Morgan fingerprint density at radius 3 is 2.36 bits per heavy atom. The zero-order valence-corrected chi connectivity index (χ0v) is 14.7. The lowest BCUT2D eigenvalue weighted by molar-refractivity contribution is 0.117. The van der Waals surface area contributed by atoms with E-state index in [0.29, 0.717) is 12.1 Å². The van der Waals surface area contributed by atoms with E-state index >= 15 is 0 Å². The Balaban J connectivity index is 1.30. The van der Waals surface area contributed by atoms with Gasteiger partial charge in [-0.2, -0.15) is 0 Å². The van der Waals surface area contributed by atoms with Gasteiger partial charge in [0.1, 0.15) is 5.82 Å². The summed E-state index contributed by atoms with van der Waals surface area (Å²) in [6.07, 6.45) is 8.90. The fraction of sp³-hybridized carbons (Fsp3) is 0.524. The molecule has 6 rings (SSSR count). The minimum atomic E-state index is 0.659. The van der Waals surface area contributed by atoms with Gasteiger partial charge in [-0.05, 0) is 48.8 Å². The van der Waals surface area contributed by atoms with Gasteiger partial charge >= 0.3 is 0 Å². The van der Waals surface area contributed by atoms with Gasteiger partial charge in [0.25, 0.3) is 0 Å². The molecule has 1 aromatic carbocycles. The smallest absolute Gasteiger partial charge is 0.142 e. The molecule has 0 saturated carbocycles. The minimum absolute atomic E-state index is 0.659. The van der Waals surface area contributed by atoms with E-state index in [2.05, 4.69) is 44.0 Å². The Morgan fingerprint density at radius 1 is 0.840 bits per heavy atom. The zero-order chi connectivity index (χ0) is 16.6. The highest BCUT2D eigenvalue weighted by molar-refractivity contribution is 5.33. The van der Waals surface area contributed by atoms with Gasteiger partial charge in [0.15, 0.2) is 0 Å². The van der Waals surface area contributed by atoms with Crippen molar-refractivity contribution in [1.82, 2.24) is 19.8 Å². The number of rotatable bonds is 3. The Kier molecular flexibility index (Phi) is 4.03. The van der Waals surface area contributed by atoms with Gasteiger partial charge in [-0.15, -0.1) is 0 Å². The molecule has 2 bridgehead atoms. The number of aromatic nitrogens is 2. The first-order chi connectivity index (χ1) is 12.3. The highest BCUT2D eigenvalue weighted by Gasteiger charge is 2.38. The molecule has 3 aliphatic heterocycles. The standard InChI is InChI=1S/C21H26N4/c1-2-5-18-11-20(10-17(18)4-1)24-12-16-6-7-19(14-24)25(13-16)15-21-22-8-3-9-23-21/h1-5,8-9,16,19-20H,6-7,10-15H2/t16-,19+/m0/s1. The number of benzene rings is 1. The molecule has 0 amide bonds. The summed E-state index contributed by atoms with van der Waals surface area (Å²) in [5.74, 6) is 1.76. The molecule has 1 aromatic heterocycles. The van der Waals surface area contributed by atoms with Gasteiger partial charge in [0.2, 0.25) is 0 Å². The Labute approximate surface area is 149 Å². The van der Waals surface area contributed by atoms with Crippen molar-refractivity contribution in [2.24, 2.45) is 5.92 Å². The van der Waals surface area contributed by atoms with E-state index in [0.717, 1.165) is 18.3 Å². The Hall–Kier alpha value is -1.78. The number of hydrogen-bond acceptors (Lipinski definition) is 4. The van der Waals surface area contributed by atoms with Crippen LogP contribution in [0.3, 0.4) is 0 Å². The van der Waals surface area contributed by atoms with E-state index in [9.17, 15) is 0 Å². The van der Waals surface area contributed by atoms with Crippen LogP contribution in [0.2, 0.25) is 0 Å². The molecule has 3 saturated heterocycles. The average Bonchev–Trinajstić information content (AvgIpc) is 2.88. The van der Waals surface area contributed by atoms with E-state index in [1.807, 2.05) is 18.5 Å². The van der Waals surface area contributed by atoms with Crippen molar-refractivity contribution in [2.75, 3.05) is 19.6 Å². The minimum Gasteiger partial charge on any atom is -0.298 e. The molecule has 25 heavy (non-hydrogen) atoms. The van der Waals surface area contributed by atoms with Gasteiger partial charge in [-0.1, -0.05) is 24.3 Å². The molecule has 0 spiro atoms. The van der Waals surface area contributed by atoms with Crippen molar-refractivity contribution in [3.8, 4) is 0 Å². The number of piperidine rings is 1. The van der Waals surface area contributed by atoms with Crippen LogP contribution >= 0.6 is 0 Å². The molecule has 1 aliphatic carbocycles. The largest absolute Gasteiger partial charge is 0.298 e. The molecule has 2 aromatic rings. The van der Waals surface area contributed by atoms with Gasteiger partial charge in [-0.3, -0.25) is 9.80 Å². The van der Waals surface area contributed by atoms with Crippen LogP contribution in [-0.2, 0) is 19.4 Å². The average molecular weight is 334 g/mol. The highest BCUT2D eigenvalue weighted by atomic mass is 15.3. The first-order valence-corrected chi connectivity index (χ1v) is 9.66. The maximum Gasteiger partial charge on any atom is 0.142 e. The van der Waals surface area contributed by atoms with Crippen LogP contribution in [0.4, 0.5) is 0 Å². The van der Waals surface area contributed by atoms with Crippen molar-refractivity contribution in [1.29, 1.82) is 0 Å². The molecule has 130 valence electrons. The third-order valence-electron chi connectivity index (χ3n) is 6.36. The van der Waals surface area contributed by atoms with Crippen molar-refractivity contribution in [3.05, 3.63) is 59.7 Å². The van der Waals surface area contributed by atoms with E-state index in [4.69, 9.17) is 0 Å². The summed E-state index contributed by atoms with van der Waals surface area (Å²) >= 11 is 0. The SMILES string of the molecule is c1cnc(CN2C[C@H]3CC[C@@H]2CN(C2Cc4ccccc4C2)C3)nc1. The lowest BCUT2D eigenvalue weighted by Crippen LogP contribution is -2.45. The highest BCUT2D eigenvalue weighted by Crippen LogP contribution is 2.33. The molecule has 4 nitrogen and oxygen atoms in total. The molecular weight excluding hydrogens is 308 g/mol. The van der Waals surface area contributed by atoms with Crippen molar-refractivity contribution < 1.29 is 0 Å². The number of fused-ring (bicyclic) bond motifs is 5. The second kappa shape index (κ2) is 6.50. The second-order valence-corrected chi connectivity index (χ2v) is 7.98. The molecule has 4 heterocycles. The monoisotopic (exact) mass is 334 g/mol. The molecular formula is C21H26N4. The predicted octanol–water partition coefficient (Wildman–Crippen LogP) is 2.54. The quantitative estimate of drug-likeness (QED) is 0.863. The van der Waals surface area contributed by atoms with Crippen molar-refractivity contribution >= 4 is 0 Å². The van der Waals surface area contributed by atoms with Crippen LogP contribution in [0, 0.1) is 5.92 Å². The van der Waals surface area contributed by atoms with E-state index < -0.39 is 0 Å². The first kappa shape index (κ1) is 15.5. The van der Waals surface area contributed by atoms with E-state index in [1.165, 1.54) is 45.3 Å². The van der Waals surface area contributed by atoms with Gasteiger partial charge in [0, 0.05) is 44.1 Å². The van der Waals surface area contributed by atoms with Crippen LogP contribution in [0.1, 0.15) is 29.8 Å². The maximum atomic E-state index is 4.44. The topological polar surface area (TPSA) is 32.3 Å². The molecule has 0 unspecified atom stereocenters. The lowest BCUT2D eigenvalue weighted by atomic mass is 9.95. The molecule has 4 heteroatoms. The summed E-state index contributed by atoms with van der Waals surface area (Å²) in [7, 11) is 0. The van der Waals surface area contributed by atoms with Crippen LogP contribution in [0.5, 0.6) is 0 Å². The molecule has 4 aliphatic rings. The maximum absolute atomic E-state index is 4.44. The third kappa shape index (κ3) is 3.09. The van der Waals surface area contributed by atoms with Crippen molar-refractivity contribution in [3.63, 3.8) is 0 Å². The molecule has 0 N–H and O–H groups in total. The number of hydrogen-bond donors (Lipinski definition) is 0. The fourth-order valence-electron chi connectivity index (χ4n) is 5.09. The van der Waals surface area contributed by atoms with E-state index in [-0.39, 0.29) is 0 Å². The molecule has 3 fully saturated rings. The van der Waals surface area contributed by atoms with Gasteiger partial charge in [0.05, 0.1) is 6.54 Å². The Morgan fingerprint density at radius 2 is 1.60 bits per heavy atom. The fourth-order valence-corrected chi connectivity index (χ4v) is 5.09. The van der Waals surface area contributed by atoms with Crippen LogP contribution in [0.15, 0.2) is 42.7 Å². The molecule has 2 atom stereocenters. The summed E-state index contributed by atoms with van der Waals surface area (Å²) in [5, 5.41) is 0. The van der Waals surface area contributed by atoms with Crippen LogP contribution in [-0.4, -0.2) is 51.5 Å². The van der Waals surface area contributed by atoms with Crippen LogP contribution in [0.25, 0.3) is 0 Å². The second-order valence-electron chi connectivity index (χ2n) is 7.98. The number of nitrogens with zero attached hydrogens (tertiary/aromatic N) is 4. The normalized spacial score (nSPS) is 27.4. The first-order valence-electron chi connectivity index (χ1n) is 9.66. The summed E-state index contributed by atoms with van der Waals surface area (Å²) in [5.41, 5.74) is 3.14. The lowest BCUT2D eigenvalue weighted by Gasteiger charge is -2.35. The molecule has 0 radical (unpaired) electrons. The summed E-state index contributed by atoms with van der Waals surface area (Å²) in [6.45, 7) is 4.59. The van der Waals surface area contributed by atoms with Crippen molar-refractivity contribution in [2.45, 2.75) is 44.3 Å².